The molecule has 0 radical (unpaired) electrons. The molecule has 0 saturated carbocycles. The first-order chi connectivity index (χ1) is 13.8. The number of carbonyl (C=O) groups is 1. The van der Waals surface area contributed by atoms with Crippen LogP contribution in [-0.2, 0) is 14.8 Å². The third kappa shape index (κ3) is 4.84. The molecular weight excluding hydrogens is 400 g/mol. The molecule has 0 saturated heterocycles. The second-order valence-corrected chi connectivity index (χ2v) is 8.33. The second kappa shape index (κ2) is 8.49. The van der Waals surface area contributed by atoms with Gasteiger partial charge < -0.3 is 9.26 Å². The number of ether oxygens (including phenoxy) is 1. The minimum atomic E-state index is -3.98. The Morgan fingerprint density at radius 2 is 2.14 bits per heavy atom. The molecule has 0 spiro atoms. The number of nitrogens with zero attached hydrogens (tertiary/aromatic N) is 4. The van der Waals surface area contributed by atoms with E-state index in [0.29, 0.717) is 12.2 Å². The van der Waals surface area contributed by atoms with Crippen LogP contribution in [0.2, 0.25) is 0 Å². The monoisotopic (exact) mass is 420 g/mol. The highest BCUT2D eigenvalue weighted by molar-refractivity contribution is 7.89. The fourth-order valence-corrected chi connectivity index (χ4v) is 3.87. The quantitative estimate of drug-likeness (QED) is 0.518. The molecule has 11 nitrogen and oxygen atoms in total. The Bertz CT molecular complexity index is 1080. The average molecular weight is 420 g/mol. The molecule has 0 aliphatic carbocycles. The summed E-state index contributed by atoms with van der Waals surface area (Å²) < 4.78 is 38.3. The highest BCUT2D eigenvalue weighted by Crippen LogP contribution is 2.24. The van der Waals surface area contributed by atoms with Gasteiger partial charge in [-0.15, -0.1) is 0 Å². The Kier molecular flexibility index (Phi) is 6.03. The lowest BCUT2D eigenvalue weighted by Crippen LogP contribution is -2.30. The van der Waals surface area contributed by atoms with E-state index in [2.05, 4.69) is 34.8 Å². The lowest BCUT2D eigenvalue weighted by Gasteiger charge is -2.17. The second-order valence-electron chi connectivity index (χ2n) is 6.61. The van der Waals surface area contributed by atoms with E-state index in [9.17, 15) is 13.2 Å². The number of rotatable bonds is 8. The van der Waals surface area contributed by atoms with Crippen LogP contribution in [0.5, 0.6) is 0 Å². The number of hydrogen-bond donors (Lipinski definition) is 2. The molecule has 12 heteroatoms. The number of nitrogens with one attached hydrogen (secondary N) is 2. The summed E-state index contributed by atoms with van der Waals surface area (Å²) in [6, 6.07) is 4.79. The summed E-state index contributed by atoms with van der Waals surface area (Å²) in [7, 11) is -2.76. The van der Waals surface area contributed by atoms with Gasteiger partial charge in [0.25, 0.3) is 0 Å². The first kappa shape index (κ1) is 20.6. The largest absolute Gasteiger partial charge is 0.465 e. The third-order valence-electron chi connectivity index (χ3n) is 3.94. The molecule has 29 heavy (non-hydrogen) atoms. The minimum absolute atomic E-state index is 0.0795. The summed E-state index contributed by atoms with van der Waals surface area (Å²) in [4.78, 5) is 19.8. The van der Waals surface area contributed by atoms with Crippen LogP contribution < -0.4 is 4.72 Å². The van der Waals surface area contributed by atoms with Crippen LogP contribution in [0, 0.1) is 5.92 Å². The standard InChI is InChI=1S/C17H20N6O5S/c1-10(2)7-13(16-20-15(22-28-16)14-18-9-19-21-14)23-29(25,26)12-6-4-5-11(8-12)17(24)27-3/h4-6,8-10,13,23H,7H2,1-3H3,(H,18,19,21)/t13-/m0/s1. The lowest BCUT2D eigenvalue weighted by molar-refractivity contribution is 0.0600. The van der Waals surface area contributed by atoms with E-state index in [4.69, 9.17) is 4.52 Å². The van der Waals surface area contributed by atoms with Crippen LogP contribution in [0.3, 0.4) is 0 Å². The van der Waals surface area contributed by atoms with E-state index in [0.717, 1.165) is 0 Å². The van der Waals surface area contributed by atoms with Crippen LogP contribution in [0.15, 0.2) is 40.0 Å². The van der Waals surface area contributed by atoms with Crippen LogP contribution in [-0.4, -0.2) is 46.8 Å². The fourth-order valence-electron chi connectivity index (χ4n) is 2.62. The van der Waals surface area contributed by atoms with Crippen molar-refractivity contribution in [3.8, 4) is 11.6 Å². The molecule has 0 aliphatic heterocycles. The zero-order valence-corrected chi connectivity index (χ0v) is 16.8. The predicted molar refractivity (Wildman–Crippen MR) is 100.0 cm³/mol. The molecule has 3 aromatic rings. The average Bonchev–Trinajstić information content (AvgIpc) is 3.38. The Labute approximate surface area is 166 Å². The minimum Gasteiger partial charge on any atom is -0.465 e. The number of benzene rings is 1. The van der Waals surface area contributed by atoms with Crippen molar-refractivity contribution in [3.05, 3.63) is 42.0 Å². The van der Waals surface area contributed by atoms with Gasteiger partial charge in [0.05, 0.1) is 17.6 Å². The van der Waals surface area contributed by atoms with E-state index in [-0.39, 0.29) is 28.1 Å². The number of methoxy groups -OCH3 is 1. The Morgan fingerprint density at radius 1 is 1.34 bits per heavy atom. The van der Waals surface area contributed by atoms with Crippen LogP contribution in [0.4, 0.5) is 0 Å². The van der Waals surface area contributed by atoms with Gasteiger partial charge in [0.2, 0.25) is 21.7 Å². The molecule has 2 aromatic heterocycles. The summed E-state index contributed by atoms with van der Waals surface area (Å²) >= 11 is 0. The maximum Gasteiger partial charge on any atom is 0.337 e. The van der Waals surface area contributed by atoms with Crippen molar-refractivity contribution < 1.29 is 22.5 Å². The fraction of sp³-hybridized carbons (Fsp3) is 0.353. The van der Waals surface area contributed by atoms with Crippen LogP contribution in [0.25, 0.3) is 11.6 Å². The first-order valence-corrected chi connectivity index (χ1v) is 10.2. The molecule has 0 fully saturated rings. The number of aromatic nitrogens is 5. The van der Waals surface area contributed by atoms with E-state index in [1.54, 1.807) is 0 Å². The van der Waals surface area contributed by atoms with Gasteiger partial charge in [-0.1, -0.05) is 25.1 Å². The van der Waals surface area contributed by atoms with Gasteiger partial charge in [-0.05, 0) is 30.5 Å². The van der Waals surface area contributed by atoms with Crippen LogP contribution in [0.1, 0.15) is 42.6 Å². The van der Waals surface area contributed by atoms with E-state index < -0.39 is 22.0 Å². The number of esters is 1. The molecule has 0 amide bonds. The van der Waals surface area contributed by atoms with Crippen molar-refractivity contribution in [1.82, 2.24) is 30.0 Å². The SMILES string of the molecule is COC(=O)c1cccc(S(=O)(=O)N[C@@H](CC(C)C)c2nc(-c3ncn[nH]3)no2)c1. The Morgan fingerprint density at radius 3 is 2.79 bits per heavy atom. The predicted octanol–water partition coefficient (Wildman–Crippen LogP) is 1.71. The zero-order chi connectivity index (χ0) is 21.0. The molecule has 0 unspecified atom stereocenters. The molecule has 0 bridgehead atoms. The van der Waals surface area contributed by atoms with E-state index in [1.165, 1.54) is 37.7 Å². The van der Waals surface area contributed by atoms with E-state index in [1.807, 2.05) is 13.8 Å². The molecule has 1 aromatic carbocycles. The van der Waals surface area contributed by atoms with Crippen LogP contribution >= 0.6 is 0 Å². The van der Waals surface area contributed by atoms with Crippen molar-refractivity contribution in [2.75, 3.05) is 7.11 Å². The molecule has 1 atom stereocenters. The Balaban J connectivity index is 1.89. The van der Waals surface area contributed by atoms with Gasteiger partial charge in [0.1, 0.15) is 12.4 Å². The third-order valence-corrected chi connectivity index (χ3v) is 5.41. The number of hydrogen-bond acceptors (Lipinski definition) is 9. The van der Waals surface area contributed by atoms with Gasteiger partial charge in [-0.2, -0.15) is 14.8 Å². The van der Waals surface area contributed by atoms with Crippen molar-refractivity contribution in [2.45, 2.75) is 31.2 Å². The molecule has 3 rings (SSSR count). The summed E-state index contributed by atoms with van der Waals surface area (Å²) in [5, 5.41) is 10.2. The van der Waals surface area contributed by atoms with Crippen molar-refractivity contribution >= 4 is 16.0 Å². The summed E-state index contributed by atoms with van der Waals surface area (Å²) in [6.07, 6.45) is 1.71. The van der Waals surface area contributed by atoms with Crippen molar-refractivity contribution in [3.63, 3.8) is 0 Å². The molecule has 2 N–H and O–H groups in total. The first-order valence-electron chi connectivity index (χ1n) is 8.70. The topological polar surface area (TPSA) is 153 Å². The molecule has 2 heterocycles. The number of aromatic amines is 1. The van der Waals surface area contributed by atoms with Gasteiger partial charge in [0, 0.05) is 0 Å². The lowest BCUT2D eigenvalue weighted by atomic mass is 10.0. The maximum absolute atomic E-state index is 12.9. The zero-order valence-electron chi connectivity index (χ0n) is 16.0. The highest BCUT2D eigenvalue weighted by Gasteiger charge is 2.28. The summed E-state index contributed by atoms with van der Waals surface area (Å²) in [5.41, 5.74) is 0.126. The van der Waals surface area contributed by atoms with Gasteiger partial charge in [0.15, 0.2) is 5.82 Å². The van der Waals surface area contributed by atoms with Crippen molar-refractivity contribution in [1.29, 1.82) is 0 Å². The van der Waals surface area contributed by atoms with Gasteiger partial charge in [-0.25, -0.2) is 18.2 Å². The maximum atomic E-state index is 12.9. The normalized spacial score (nSPS) is 12.8. The van der Waals surface area contributed by atoms with Gasteiger partial charge >= 0.3 is 5.97 Å². The molecule has 154 valence electrons. The summed E-state index contributed by atoms with van der Waals surface area (Å²) in [6.45, 7) is 3.87. The number of carbonyl (C=O) groups excluding carboxylic acids is 1. The molecular formula is C17H20N6O5S. The smallest absolute Gasteiger partial charge is 0.337 e. The number of H-pyrrole nitrogens is 1. The Hall–Kier alpha value is -3.12. The highest BCUT2D eigenvalue weighted by atomic mass is 32.2. The molecule has 0 aliphatic rings. The number of sulfonamides is 1. The van der Waals surface area contributed by atoms with Crippen molar-refractivity contribution in [2.24, 2.45) is 5.92 Å². The van der Waals surface area contributed by atoms with Gasteiger partial charge in [-0.3, -0.25) is 5.10 Å². The van der Waals surface area contributed by atoms with E-state index >= 15 is 0 Å². The summed E-state index contributed by atoms with van der Waals surface area (Å²) in [5.74, 6) is 0.0620.